The molecule has 0 unspecified atom stereocenters. The number of benzene rings is 1. The van der Waals surface area contributed by atoms with Gasteiger partial charge in [-0.3, -0.25) is 4.79 Å². The van der Waals surface area contributed by atoms with Crippen LogP contribution in [-0.4, -0.2) is 35.5 Å². The summed E-state index contributed by atoms with van der Waals surface area (Å²) in [5.74, 6) is 0.419. The molecule has 1 aliphatic rings. The van der Waals surface area contributed by atoms with Crippen molar-refractivity contribution in [1.82, 2.24) is 15.3 Å². The number of nitrogens with one attached hydrogen (secondary N) is 1. The van der Waals surface area contributed by atoms with Crippen molar-refractivity contribution in [2.24, 2.45) is 0 Å². The number of amides is 1. The van der Waals surface area contributed by atoms with Gasteiger partial charge in [0.05, 0.1) is 24.5 Å². The van der Waals surface area contributed by atoms with Crippen LogP contribution in [0.3, 0.4) is 0 Å². The zero-order valence-electron chi connectivity index (χ0n) is 13.4. The molecule has 1 amide bonds. The molecule has 2 aromatic rings. The number of hydrogen-bond acceptors (Lipinski definition) is 5. The van der Waals surface area contributed by atoms with Crippen LogP contribution in [0.15, 0.2) is 30.6 Å². The molecule has 26 heavy (non-hydrogen) atoms. The lowest BCUT2D eigenvalue weighted by Crippen LogP contribution is -2.48. The maximum Gasteiger partial charge on any atom is 0.416 e. The van der Waals surface area contributed by atoms with Gasteiger partial charge in [0.25, 0.3) is 0 Å². The number of anilines is 1. The summed E-state index contributed by atoms with van der Waals surface area (Å²) in [7, 11) is 0. The zero-order chi connectivity index (χ0) is 18.7. The van der Waals surface area contributed by atoms with E-state index in [0.29, 0.717) is 19.0 Å². The molecular weight excluding hydrogens is 373 g/mol. The van der Waals surface area contributed by atoms with Crippen molar-refractivity contribution in [3.05, 3.63) is 46.7 Å². The van der Waals surface area contributed by atoms with E-state index < -0.39 is 11.7 Å². The van der Waals surface area contributed by atoms with Crippen molar-refractivity contribution < 1.29 is 22.7 Å². The molecule has 2 heterocycles. The average molecular weight is 387 g/mol. The molecule has 1 aliphatic heterocycles. The first-order valence-electron chi connectivity index (χ1n) is 7.65. The topological polar surface area (TPSA) is 67.4 Å². The fraction of sp³-hybridized carbons (Fsp3) is 0.312. The second-order valence-corrected chi connectivity index (χ2v) is 5.95. The van der Waals surface area contributed by atoms with E-state index in [1.807, 2.05) is 0 Å². The number of ether oxygens (including phenoxy) is 1. The Balaban J connectivity index is 1.70. The molecule has 1 saturated heterocycles. The second-order valence-electron chi connectivity index (χ2n) is 5.54. The van der Waals surface area contributed by atoms with Gasteiger partial charge in [-0.25, -0.2) is 9.97 Å². The fourth-order valence-corrected chi connectivity index (χ4v) is 2.71. The average Bonchev–Trinajstić information content (AvgIpc) is 2.60. The third kappa shape index (κ3) is 4.16. The lowest BCUT2D eigenvalue weighted by Gasteiger charge is -2.26. The van der Waals surface area contributed by atoms with Crippen LogP contribution in [0.4, 0.5) is 19.1 Å². The van der Waals surface area contributed by atoms with Gasteiger partial charge in [0.1, 0.15) is 6.61 Å². The Morgan fingerprint density at radius 2 is 2.00 bits per heavy atom. The van der Waals surface area contributed by atoms with Gasteiger partial charge < -0.3 is 15.0 Å². The first-order valence-corrected chi connectivity index (χ1v) is 8.03. The van der Waals surface area contributed by atoms with Crippen LogP contribution < -0.4 is 15.0 Å². The molecule has 0 radical (unpaired) electrons. The number of aromatic nitrogens is 2. The molecule has 0 bridgehead atoms. The Morgan fingerprint density at radius 3 is 2.65 bits per heavy atom. The zero-order valence-corrected chi connectivity index (χ0v) is 14.1. The lowest BCUT2D eigenvalue weighted by atomic mass is 10.1. The molecule has 1 N–H and O–H groups in total. The number of alkyl halides is 3. The van der Waals surface area contributed by atoms with E-state index in [0.717, 1.165) is 6.07 Å². The Kier molecular flexibility index (Phi) is 5.17. The molecule has 3 rings (SSSR count). The van der Waals surface area contributed by atoms with Crippen molar-refractivity contribution in [3.63, 3.8) is 0 Å². The minimum atomic E-state index is -4.53. The number of carbonyl (C=O) groups is 1. The Morgan fingerprint density at radius 1 is 1.27 bits per heavy atom. The van der Waals surface area contributed by atoms with Gasteiger partial charge in [-0.2, -0.15) is 13.2 Å². The second kappa shape index (κ2) is 7.36. The fourth-order valence-electron chi connectivity index (χ4n) is 2.48. The minimum Gasteiger partial charge on any atom is -0.486 e. The summed E-state index contributed by atoms with van der Waals surface area (Å²) in [5.41, 5.74) is -1.000. The summed E-state index contributed by atoms with van der Waals surface area (Å²) >= 11 is 5.89. The summed E-state index contributed by atoms with van der Waals surface area (Å²) in [6.07, 6.45) is -1.84. The number of halogens is 4. The van der Waals surface area contributed by atoms with Gasteiger partial charge in [0.2, 0.25) is 11.9 Å². The van der Waals surface area contributed by atoms with E-state index in [1.54, 1.807) is 4.90 Å². The summed E-state index contributed by atoms with van der Waals surface area (Å²) < 4.78 is 44.6. The molecule has 0 atom stereocenters. The van der Waals surface area contributed by atoms with Gasteiger partial charge in [0.15, 0.2) is 5.75 Å². The van der Waals surface area contributed by atoms with E-state index in [9.17, 15) is 18.0 Å². The van der Waals surface area contributed by atoms with Gasteiger partial charge >= 0.3 is 6.18 Å². The quantitative estimate of drug-likeness (QED) is 0.875. The summed E-state index contributed by atoms with van der Waals surface area (Å²) in [6.45, 7) is 0.839. The number of hydrogen-bond donors (Lipinski definition) is 1. The molecule has 0 spiro atoms. The van der Waals surface area contributed by atoms with Crippen LogP contribution in [0.1, 0.15) is 11.1 Å². The number of carbonyl (C=O) groups excluding carboxylic acids is 1. The molecule has 1 aromatic heterocycles. The molecule has 1 aromatic carbocycles. The third-order valence-electron chi connectivity index (χ3n) is 3.74. The van der Waals surface area contributed by atoms with Gasteiger partial charge in [0, 0.05) is 23.7 Å². The molecule has 6 nitrogen and oxygen atoms in total. The summed E-state index contributed by atoms with van der Waals surface area (Å²) in [5, 5.41) is 2.66. The van der Waals surface area contributed by atoms with E-state index in [-0.39, 0.29) is 35.4 Å². The van der Waals surface area contributed by atoms with Crippen molar-refractivity contribution in [1.29, 1.82) is 0 Å². The molecule has 1 fully saturated rings. The lowest BCUT2D eigenvalue weighted by molar-refractivity contribution is -0.138. The Bertz CT molecular complexity index is 799. The van der Waals surface area contributed by atoms with Crippen molar-refractivity contribution in [2.75, 3.05) is 24.5 Å². The smallest absolute Gasteiger partial charge is 0.416 e. The standard InChI is InChI=1S/C16H14ClF3N4O2/c17-13-3-1-2-12(16(18,19)20)11(13)9-26-10-6-22-15(23-7-10)24-5-4-21-14(25)8-24/h1-3,6-7H,4-5,8-9H2,(H,21,25). The molecule has 0 saturated carbocycles. The highest BCUT2D eigenvalue weighted by Crippen LogP contribution is 2.35. The highest BCUT2D eigenvalue weighted by Gasteiger charge is 2.34. The number of nitrogens with zero attached hydrogens (tertiary/aromatic N) is 3. The van der Waals surface area contributed by atoms with E-state index in [2.05, 4.69) is 15.3 Å². The van der Waals surface area contributed by atoms with Crippen molar-refractivity contribution in [2.45, 2.75) is 12.8 Å². The van der Waals surface area contributed by atoms with Crippen LogP contribution in [0.5, 0.6) is 5.75 Å². The van der Waals surface area contributed by atoms with Gasteiger partial charge in [-0.05, 0) is 12.1 Å². The first-order chi connectivity index (χ1) is 12.3. The van der Waals surface area contributed by atoms with Crippen LogP contribution in [0.2, 0.25) is 5.02 Å². The number of piperazine rings is 1. The van der Waals surface area contributed by atoms with Crippen LogP contribution in [0, 0.1) is 0 Å². The predicted molar refractivity (Wildman–Crippen MR) is 88.0 cm³/mol. The largest absolute Gasteiger partial charge is 0.486 e. The minimum absolute atomic E-state index is 0.0308. The predicted octanol–water partition coefficient (Wildman–Crippen LogP) is 2.66. The molecular formula is C16H14ClF3N4O2. The van der Waals surface area contributed by atoms with Crippen LogP contribution in [-0.2, 0) is 17.6 Å². The van der Waals surface area contributed by atoms with Crippen molar-refractivity contribution >= 4 is 23.5 Å². The monoisotopic (exact) mass is 386 g/mol. The van der Waals surface area contributed by atoms with Gasteiger partial charge in [-0.1, -0.05) is 17.7 Å². The number of rotatable bonds is 4. The Hall–Kier alpha value is -2.55. The van der Waals surface area contributed by atoms with E-state index in [4.69, 9.17) is 16.3 Å². The van der Waals surface area contributed by atoms with Crippen LogP contribution in [0.25, 0.3) is 0 Å². The van der Waals surface area contributed by atoms with E-state index in [1.165, 1.54) is 24.5 Å². The van der Waals surface area contributed by atoms with Crippen molar-refractivity contribution in [3.8, 4) is 5.75 Å². The molecule has 138 valence electrons. The maximum atomic E-state index is 13.1. The Labute approximate surface area is 151 Å². The molecule has 10 heteroatoms. The first kappa shape index (κ1) is 18.2. The summed E-state index contributed by atoms with van der Waals surface area (Å²) in [6, 6.07) is 3.56. The highest BCUT2D eigenvalue weighted by molar-refractivity contribution is 6.31. The third-order valence-corrected chi connectivity index (χ3v) is 4.10. The summed E-state index contributed by atoms with van der Waals surface area (Å²) in [4.78, 5) is 21.3. The molecule has 0 aliphatic carbocycles. The SMILES string of the molecule is O=C1CN(c2ncc(OCc3c(Cl)cccc3C(F)(F)F)cn2)CCN1. The normalized spacial score (nSPS) is 14.9. The van der Waals surface area contributed by atoms with Gasteiger partial charge in [-0.15, -0.1) is 0 Å². The van der Waals surface area contributed by atoms with E-state index >= 15 is 0 Å². The highest BCUT2D eigenvalue weighted by atomic mass is 35.5. The maximum absolute atomic E-state index is 13.1. The van der Waals surface area contributed by atoms with Crippen LogP contribution >= 0.6 is 11.6 Å².